The minimum absolute atomic E-state index is 0. The van der Waals surface area contributed by atoms with Crippen LogP contribution in [0.25, 0.3) is 0 Å². The summed E-state index contributed by atoms with van der Waals surface area (Å²) in [4.78, 5) is 9.94. The van der Waals surface area contributed by atoms with Crippen LogP contribution in [0, 0.1) is 0 Å². The minimum atomic E-state index is -1.09. The van der Waals surface area contributed by atoms with Gasteiger partial charge in [0.1, 0.15) is 0 Å². The van der Waals surface area contributed by atoms with E-state index in [9.17, 15) is 9.90 Å². The minimum Gasteiger partial charge on any atom is -0.545 e. The molecule has 0 aromatic carbocycles. The SMILES string of the molecule is CCCCCCC/C=C/C(=O)[O-].[Na+]. The van der Waals surface area contributed by atoms with Crippen molar-refractivity contribution >= 4 is 5.97 Å². The van der Waals surface area contributed by atoms with Crippen LogP contribution >= 0.6 is 0 Å². The molecule has 0 atom stereocenters. The van der Waals surface area contributed by atoms with Crippen LogP contribution in [0.15, 0.2) is 12.2 Å². The first-order valence-corrected chi connectivity index (χ1v) is 4.65. The molecule has 0 saturated heterocycles. The first-order chi connectivity index (χ1) is 5.77. The van der Waals surface area contributed by atoms with E-state index in [0.717, 1.165) is 18.9 Å². The summed E-state index contributed by atoms with van der Waals surface area (Å²) >= 11 is 0. The smallest absolute Gasteiger partial charge is 0.545 e. The zero-order valence-corrected chi connectivity index (χ0v) is 10.7. The van der Waals surface area contributed by atoms with Crippen LogP contribution in [0.1, 0.15) is 45.4 Å². The number of carboxylic acids is 1. The molecule has 0 rings (SSSR count). The number of rotatable bonds is 7. The predicted molar refractivity (Wildman–Crippen MR) is 47.5 cm³/mol. The molecule has 0 heterocycles. The fourth-order valence-electron chi connectivity index (χ4n) is 1.05. The van der Waals surface area contributed by atoms with Crippen LogP contribution in [0.4, 0.5) is 0 Å². The topological polar surface area (TPSA) is 40.1 Å². The second-order valence-corrected chi connectivity index (χ2v) is 2.92. The first kappa shape index (κ1) is 15.7. The van der Waals surface area contributed by atoms with Crippen molar-refractivity contribution in [3.05, 3.63) is 12.2 Å². The van der Waals surface area contributed by atoms with E-state index < -0.39 is 5.97 Å². The number of hydrogen-bond acceptors (Lipinski definition) is 2. The van der Waals surface area contributed by atoms with E-state index in [0.29, 0.717) is 0 Å². The van der Waals surface area contributed by atoms with Crippen LogP contribution in [-0.2, 0) is 4.79 Å². The Morgan fingerprint density at radius 3 is 2.38 bits per heavy atom. The quantitative estimate of drug-likeness (QED) is 0.284. The van der Waals surface area contributed by atoms with Gasteiger partial charge in [0, 0.05) is 0 Å². The van der Waals surface area contributed by atoms with E-state index in [4.69, 9.17) is 0 Å². The molecule has 0 bridgehead atoms. The molecule has 0 aliphatic carbocycles. The van der Waals surface area contributed by atoms with Gasteiger partial charge in [-0.1, -0.05) is 38.7 Å². The average Bonchev–Trinajstić information content (AvgIpc) is 2.02. The van der Waals surface area contributed by atoms with Crippen molar-refractivity contribution in [2.75, 3.05) is 0 Å². The van der Waals surface area contributed by atoms with Crippen LogP contribution in [0.2, 0.25) is 0 Å². The summed E-state index contributed by atoms with van der Waals surface area (Å²) in [6.45, 7) is 2.18. The zero-order chi connectivity index (χ0) is 9.23. The number of carbonyl (C=O) groups is 1. The van der Waals surface area contributed by atoms with Gasteiger partial charge in [0.25, 0.3) is 0 Å². The molecule has 0 radical (unpaired) electrons. The molecule has 0 aromatic heterocycles. The molecule has 0 N–H and O–H groups in total. The van der Waals surface area contributed by atoms with Crippen molar-refractivity contribution in [2.45, 2.75) is 45.4 Å². The molecular formula is C10H17NaO2. The Bertz CT molecular complexity index is 144. The fourth-order valence-corrected chi connectivity index (χ4v) is 1.05. The van der Waals surface area contributed by atoms with Crippen molar-refractivity contribution in [1.82, 2.24) is 0 Å². The standard InChI is InChI=1S/C10H18O2.Na/c1-2-3-4-5-6-7-8-9-10(11)12;/h8-9H,2-7H2,1H3,(H,11,12);/q;+1/p-1/b9-8+;. The molecule has 0 fully saturated rings. The van der Waals surface area contributed by atoms with Gasteiger partial charge in [-0.05, 0) is 18.9 Å². The summed E-state index contributed by atoms with van der Waals surface area (Å²) in [6, 6.07) is 0. The van der Waals surface area contributed by atoms with Crippen LogP contribution in [0.3, 0.4) is 0 Å². The van der Waals surface area contributed by atoms with Gasteiger partial charge < -0.3 is 9.90 Å². The van der Waals surface area contributed by atoms with Gasteiger partial charge in [-0.2, -0.15) is 0 Å². The third kappa shape index (κ3) is 15.0. The van der Waals surface area contributed by atoms with Gasteiger partial charge in [0.15, 0.2) is 0 Å². The Kier molecular flexibility index (Phi) is 14.7. The van der Waals surface area contributed by atoms with Crippen LogP contribution < -0.4 is 34.7 Å². The second-order valence-electron chi connectivity index (χ2n) is 2.92. The fraction of sp³-hybridized carbons (Fsp3) is 0.700. The molecule has 0 spiro atoms. The molecular weight excluding hydrogens is 175 g/mol. The van der Waals surface area contributed by atoms with Crippen molar-refractivity contribution < 1.29 is 39.5 Å². The van der Waals surface area contributed by atoms with Gasteiger partial charge >= 0.3 is 29.6 Å². The molecule has 0 unspecified atom stereocenters. The first-order valence-electron chi connectivity index (χ1n) is 4.65. The number of allylic oxidation sites excluding steroid dienone is 1. The predicted octanol–water partition coefficient (Wildman–Crippen LogP) is -1.34. The Morgan fingerprint density at radius 2 is 1.85 bits per heavy atom. The maximum atomic E-state index is 9.94. The summed E-state index contributed by atoms with van der Waals surface area (Å²) in [7, 11) is 0. The van der Waals surface area contributed by atoms with E-state index in [-0.39, 0.29) is 29.6 Å². The van der Waals surface area contributed by atoms with Gasteiger partial charge in [-0.25, -0.2) is 0 Å². The van der Waals surface area contributed by atoms with E-state index >= 15 is 0 Å². The number of hydrogen-bond donors (Lipinski definition) is 0. The molecule has 3 heteroatoms. The van der Waals surface area contributed by atoms with Gasteiger partial charge in [0.05, 0.1) is 5.97 Å². The summed E-state index contributed by atoms with van der Waals surface area (Å²) < 4.78 is 0. The van der Waals surface area contributed by atoms with Gasteiger partial charge in [-0.15, -0.1) is 0 Å². The molecule has 0 aliphatic rings. The largest absolute Gasteiger partial charge is 1.00 e. The Balaban J connectivity index is 0. The Morgan fingerprint density at radius 1 is 1.23 bits per heavy atom. The van der Waals surface area contributed by atoms with Crippen molar-refractivity contribution in [1.29, 1.82) is 0 Å². The van der Waals surface area contributed by atoms with Gasteiger partial charge in [0.2, 0.25) is 0 Å². The van der Waals surface area contributed by atoms with E-state index in [1.54, 1.807) is 6.08 Å². The molecule has 0 aliphatic heterocycles. The Hall–Kier alpha value is 0.210. The maximum absolute atomic E-state index is 9.94. The summed E-state index contributed by atoms with van der Waals surface area (Å²) in [5.74, 6) is -1.09. The number of aliphatic carboxylic acids is 1. The summed E-state index contributed by atoms with van der Waals surface area (Å²) in [5, 5.41) is 9.94. The number of unbranched alkanes of at least 4 members (excludes halogenated alkanes) is 5. The third-order valence-electron chi connectivity index (χ3n) is 1.73. The summed E-state index contributed by atoms with van der Waals surface area (Å²) in [6.07, 6.45) is 9.71. The molecule has 0 amide bonds. The molecule has 2 nitrogen and oxygen atoms in total. The average molecular weight is 192 g/mol. The molecule has 13 heavy (non-hydrogen) atoms. The van der Waals surface area contributed by atoms with E-state index in [1.165, 1.54) is 25.7 Å². The van der Waals surface area contributed by atoms with Crippen LogP contribution in [0.5, 0.6) is 0 Å². The van der Waals surface area contributed by atoms with Crippen molar-refractivity contribution in [3.8, 4) is 0 Å². The normalized spacial score (nSPS) is 9.92. The third-order valence-corrected chi connectivity index (χ3v) is 1.73. The van der Waals surface area contributed by atoms with E-state index in [2.05, 4.69) is 6.92 Å². The maximum Gasteiger partial charge on any atom is 1.00 e. The van der Waals surface area contributed by atoms with Crippen molar-refractivity contribution in [2.24, 2.45) is 0 Å². The second kappa shape index (κ2) is 12.2. The molecule has 0 aromatic rings. The van der Waals surface area contributed by atoms with E-state index in [1.807, 2.05) is 0 Å². The molecule has 0 saturated carbocycles. The number of carbonyl (C=O) groups excluding carboxylic acids is 1. The Labute approximate surface area is 103 Å². The van der Waals surface area contributed by atoms with Gasteiger partial charge in [-0.3, -0.25) is 0 Å². The zero-order valence-electron chi connectivity index (χ0n) is 8.71. The van der Waals surface area contributed by atoms with Crippen LogP contribution in [-0.4, -0.2) is 5.97 Å². The monoisotopic (exact) mass is 192 g/mol. The molecule has 70 valence electrons. The number of carboxylic acid groups (broad SMARTS) is 1. The summed E-state index contributed by atoms with van der Waals surface area (Å²) in [5.41, 5.74) is 0. The van der Waals surface area contributed by atoms with Crippen molar-refractivity contribution in [3.63, 3.8) is 0 Å².